The summed E-state index contributed by atoms with van der Waals surface area (Å²) in [6, 6.07) is 6.31. The van der Waals surface area contributed by atoms with Crippen LogP contribution in [0.1, 0.15) is 61.4 Å². The first-order chi connectivity index (χ1) is 10.1. The Balaban J connectivity index is 1.95. The smallest absolute Gasteiger partial charge is 0.253 e. The van der Waals surface area contributed by atoms with Crippen LogP contribution in [0.15, 0.2) is 18.2 Å². The molecule has 0 spiro atoms. The zero-order valence-corrected chi connectivity index (χ0v) is 13.5. The van der Waals surface area contributed by atoms with Crippen molar-refractivity contribution in [3.05, 3.63) is 29.3 Å². The van der Waals surface area contributed by atoms with Gasteiger partial charge in [-0.05, 0) is 50.7 Å². The first kappa shape index (κ1) is 15.9. The van der Waals surface area contributed by atoms with Crippen molar-refractivity contribution >= 4 is 11.6 Å². The van der Waals surface area contributed by atoms with Crippen molar-refractivity contribution in [2.75, 3.05) is 12.4 Å². The van der Waals surface area contributed by atoms with Crippen LogP contribution in [-0.4, -0.2) is 19.0 Å². The monoisotopic (exact) mass is 288 g/mol. The Morgan fingerprint density at radius 3 is 2.57 bits per heavy atom. The van der Waals surface area contributed by atoms with Gasteiger partial charge < -0.3 is 10.6 Å². The van der Waals surface area contributed by atoms with Gasteiger partial charge in [-0.2, -0.15) is 0 Å². The number of rotatable bonds is 5. The molecule has 3 heteroatoms. The van der Waals surface area contributed by atoms with E-state index in [1.165, 1.54) is 25.7 Å². The Bertz CT molecular complexity index is 476. The molecule has 0 radical (unpaired) electrons. The molecule has 0 aliphatic heterocycles. The van der Waals surface area contributed by atoms with Crippen LogP contribution in [0.25, 0.3) is 0 Å². The molecule has 0 bridgehead atoms. The van der Waals surface area contributed by atoms with E-state index >= 15 is 0 Å². The Kier molecular flexibility index (Phi) is 5.66. The number of hydrogen-bond donors (Lipinski definition) is 2. The van der Waals surface area contributed by atoms with Crippen LogP contribution in [0.2, 0.25) is 0 Å². The lowest BCUT2D eigenvalue weighted by atomic mass is 9.83. The van der Waals surface area contributed by atoms with Crippen molar-refractivity contribution in [2.45, 2.75) is 58.4 Å². The molecule has 1 amide bonds. The van der Waals surface area contributed by atoms with Crippen LogP contribution in [0.4, 0.5) is 5.69 Å². The maximum Gasteiger partial charge on any atom is 0.253 e. The van der Waals surface area contributed by atoms with Gasteiger partial charge in [0.2, 0.25) is 0 Å². The van der Waals surface area contributed by atoms with Crippen LogP contribution in [0, 0.1) is 12.8 Å². The lowest BCUT2D eigenvalue weighted by Crippen LogP contribution is -2.37. The molecule has 116 valence electrons. The average molecular weight is 288 g/mol. The van der Waals surface area contributed by atoms with Crippen molar-refractivity contribution in [2.24, 2.45) is 5.92 Å². The number of nitrogens with one attached hydrogen (secondary N) is 2. The topological polar surface area (TPSA) is 41.1 Å². The summed E-state index contributed by atoms with van der Waals surface area (Å²) < 4.78 is 0. The van der Waals surface area contributed by atoms with E-state index in [1.807, 2.05) is 32.2 Å². The Morgan fingerprint density at radius 2 is 1.95 bits per heavy atom. The predicted molar refractivity (Wildman–Crippen MR) is 88.8 cm³/mol. The molecular weight excluding hydrogens is 260 g/mol. The largest absolute Gasteiger partial charge is 0.387 e. The van der Waals surface area contributed by atoms with Gasteiger partial charge in [0, 0.05) is 18.8 Å². The van der Waals surface area contributed by atoms with E-state index in [2.05, 4.69) is 17.6 Å². The van der Waals surface area contributed by atoms with Crippen molar-refractivity contribution < 1.29 is 4.79 Å². The van der Waals surface area contributed by atoms with Crippen LogP contribution in [-0.2, 0) is 0 Å². The van der Waals surface area contributed by atoms with Crippen molar-refractivity contribution in [1.82, 2.24) is 5.32 Å². The summed E-state index contributed by atoms with van der Waals surface area (Å²) in [5.74, 6) is 0.928. The lowest BCUT2D eigenvalue weighted by Gasteiger charge is -2.29. The Morgan fingerprint density at radius 1 is 1.24 bits per heavy atom. The molecule has 1 aromatic carbocycles. The van der Waals surface area contributed by atoms with Gasteiger partial charge in [-0.1, -0.05) is 31.4 Å². The minimum Gasteiger partial charge on any atom is -0.387 e. The maximum absolute atomic E-state index is 12.5. The minimum atomic E-state index is 0.0574. The molecule has 3 nitrogen and oxygen atoms in total. The number of hydrogen-bond acceptors (Lipinski definition) is 2. The van der Waals surface area contributed by atoms with Gasteiger partial charge in [-0.15, -0.1) is 0 Å². The molecular formula is C18H28N2O. The summed E-state index contributed by atoms with van der Waals surface area (Å²) >= 11 is 0. The highest BCUT2D eigenvalue weighted by molar-refractivity contribution is 6.00. The van der Waals surface area contributed by atoms with Gasteiger partial charge in [0.25, 0.3) is 5.91 Å². The van der Waals surface area contributed by atoms with Crippen molar-refractivity contribution in [3.8, 4) is 0 Å². The highest BCUT2D eigenvalue weighted by atomic mass is 16.1. The van der Waals surface area contributed by atoms with Gasteiger partial charge >= 0.3 is 0 Å². The molecule has 1 aromatic rings. The molecule has 2 N–H and O–H groups in total. The van der Waals surface area contributed by atoms with E-state index in [9.17, 15) is 4.79 Å². The van der Waals surface area contributed by atoms with Gasteiger partial charge in [0.1, 0.15) is 0 Å². The van der Waals surface area contributed by atoms with Gasteiger partial charge in [-0.3, -0.25) is 4.79 Å². The van der Waals surface area contributed by atoms with E-state index in [-0.39, 0.29) is 5.91 Å². The molecule has 21 heavy (non-hydrogen) atoms. The van der Waals surface area contributed by atoms with Crippen molar-refractivity contribution in [3.63, 3.8) is 0 Å². The average Bonchev–Trinajstić information content (AvgIpc) is 2.49. The molecule has 0 saturated heterocycles. The third-order valence-electron chi connectivity index (χ3n) is 4.57. The molecule has 0 heterocycles. The molecule has 1 saturated carbocycles. The van der Waals surface area contributed by atoms with Crippen LogP contribution in [0.5, 0.6) is 0 Å². The van der Waals surface area contributed by atoms with Crippen LogP contribution >= 0.6 is 0 Å². The van der Waals surface area contributed by atoms with Crippen LogP contribution < -0.4 is 10.6 Å². The molecule has 0 unspecified atom stereocenters. The summed E-state index contributed by atoms with van der Waals surface area (Å²) in [6.07, 6.45) is 7.37. The number of anilines is 1. The standard InChI is InChI=1S/C18H28N2O/c1-4-5-14-7-9-15(10-8-14)20-18(21)16-12-13(2)6-11-17(16)19-3/h6,11-12,14-15,19H,4-5,7-10H2,1-3H3,(H,20,21). The Hall–Kier alpha value is -1.51. The fourth-order valence-corrected chi connectivity index (χ4v) is 3.33. The third kappa shape index (κ3) is 4.23. The predicted octanol–water partition coefficient (Wildman–Crippen LogP) is 4.13. The highest BCUT2D eigenvalue weighted by Crippen LogP contribution is 2.28. The fraction of sp³-hybridized carbons (Fsp3) is 0.611. The first-order valence-corrected chi connectivity index (χ1v) is 8.23. The number of benzene rings is 1. The molecule has 0 aromatic heterocycles. The summed E-state index contributed by atoms with van der Waals surface area (Å²) in [4.78, 5) is 12.5. The number of aryl methyl sites for hydroxylation is 1. The molecule has 1 fully saturated rings. The maximum atomic E-state index is 12.5. The van der Waals surface area contributed by atoms with E-state index in [0.29, 0.717) is 6.04 Å². The van der Waals surface area contributed by atoms with Crippen molar-refractivity contribution in [1.29, 1.82) is 0 Å². The first-order valence-electron chi connectivity index (χ1n) is 8.23. The summed E-state index contributed by atoms with van der Waals surface area (Å²) in [5.41, 5.74) is 2.77. The number of amides is 1. The number of carbonyl (C=O) groups is 1. The SMILES string of the molecule is CCCC1CCC(NC(=O)c2cc(C)ccc2NC)CC1. The highest BCUT2D eigenvalue weighted by Gasteiger charge is 2.23. The second-order valence-corrected chi connectivity index (χ2v) is 6.28. The second-order valence-electron chi connectivity index (χ2n) is 6.28. The van der Waals surface area contributed by atoms with E-state index in [0.717, 1.165) is 35.6 Å². The van der Waals surface area contributed by atoms with Gasteiger partial charge in [-0.25, -0.2) is 0 Å². The molecule has 0 atom stereocenters. The zero-order valence-electron chi connectivity index (χ0n) is 13.5. The lowest BCUT2D eigenvalue weighted by molar-refractivity contribution is 0.0922. The quantitative estimate of drug-likeness (QED) is 0.855. The summed E-state index contributed by atoms with van der Waals surface area (Å²) in [6.45, 7) is 4.27. The van der Waals surface area contributed by atoms with Gasteiger partial charge in [0.15, 0.2) is 0 Å². The summed E-state index contributed by atoms with van der Waals surface area (Å²) in [5, 5.41) is 6.32. The van der Waals surface area contributed by atoms with E-state index < -0.39 is 0 Å². The Labute approximate surface area is 128 Å². The van der Waals surface area contributed by atoms with Gasteiger partial charge in [0.05, 0.1) is 5.56 Å². The normalized spacial score (nSPS) is 21.9. The fourth-order valence-electron chi connectivity index (χ4n) is 3.33. The minimum absolute atomic E-state index is 0.0574. The summed E-state index contributed by atoms with van der Waals surface area (Å²) in [7, 11) is 1.86. The zero-order chi connectivity index (χ0) is 15.2. The number of carbonyl (C=O) groups excluding carboxylic acids is 1. The molecule has 2 rings (SSSR count). The van der Waals surface area contributed by atoms with Crippen LogP contribution in [0.3, 0.4) is 0 Å². The second kappa shape index (κ2) is 7.48. The third-order valence-corrected chi connectivity index (χ3v) is 4.57. The van der Waals surface area contributed by atoms with E-state index in [1.54, 1.807) is 0 Å². The van der Waals surface area contributed by atoms with E-state index in [4.69, 9.17) is 0 Å². The molecule has 1 aliphatic carbocycles. The molecule has 1 aliphatic rings.